The molecule has 7 heteroatoms. The molecule has 27 heavy (non-hydrogen) atoms. The van der Waals surface area contributed by atoms with Gasteiger partial charge in [-0.2, -0.15) is 11.3 Å². The molecule has 0 aliphatic carbocycles. The van der Waals surface area contributed by atoms with Gasteiger partial charge in [0.1, 0.15) is 5.75 Å². The molecule has 3 aromatic rings. The van der Waals surface area contributed by atoms with Gasteiger partial charge in [0.2, 0.25) is 0 Å². The molecule has 5 nitrogen and oxygen atoms in total. The fourth-order valence-electron chi connectivity index (χ4n) is 2.25. The highest BCUT2D eigenvalue weighted by Gasteiger charge is 2.13. The number of anilines is 1. The summed E-state index contributed by atoms with van der Waals surface area (Å²) in [6.07, 6.45) is 0.135. The molecule has 0 saturated heterocycles. The number of benzene rings is 2. The topological polar surface area (TPSA) is 64.6 Å². The Kier molecular flexibility index (Phi) is 6.46. The van der Waals surface area contributed by atoms with Crippen molar-refractivity contribution in [3.05, 3.63) is 75.9 Å². The lowest BCUT2D eigenvalue weighted by Crippen LogP contribution is -2.21. The van der Waals surface area contributed by atoms with Crippen LogP contribution in [0.5, 0.6) is 11.5 Å². The van der Waals surface area contributed by atoms with Crippen molar-refractivity contribution in [3.8, 4) is 11.5 Å². The smallest absolute Gasteiger partial charge is 0.310 e. The Bertz CT molecular complexity index is 913. The second-order valence-electron chi connectivity index (χ2n) is 5.57. The Morgan fingerprint density at radius 3 is 2.63 bits per heavy atom. The van der Waals surface area contributed by atoms with Crippen molar-refractivity contribution in [1.82, 2.24) is 0 Å². The summed E-state index contributed by atoms with van der Waals surface area (Å²) in [5.41, 5.74) is 1.25. The Morgan fingerprint density at radius 2 is 1.89 bits per heavy atom. The van der Waals surface area contributed by atoms with Crippen LogP contribution < -0.4 is 10.1 Å². The molecule has 0 atom stereocenters. The van der Waals surface area contributed by atoms with Gasteiger partial charge in [0.25, 0.3) is 5.91 Å². The first kappa shape index (κ1) is 18.9. The van der Waals surface area contributed by atoms with Crippen molar-refractivity contribution in [1.29, 1.82) is 0 Å². The van der Waals surface area contributed by atoms with Crippen molar-refractivity contribution in [2.45, 2.75) is 6.42 Å². The highest BCUT2D eigenvalue weighted by molar-refractivity contribution is 7.08. The first-order valence-electron chi connectivity index (χ1n) is 8.09. The predicted molar refractivity (Wildman–Crippen MR) is 106 cm³/mol. The fraction of sp³-hybridized carbons (Fsp3) is 0.100. The number of halogens is 1. The van der Waals surface area contributed by atoms with Gasteiger partial charge in [-0.25, -0.2) is 0 Å². The number of ether oxygens (including phenoxy) is 2. The molecular formula is C20H16ClNO4S. The molecule has 0 aliphatic rings. The van der Waals surface area contributed by atoms with Crippen LogP contribution in [0.15, 0.2) is 65.4 Å². The maximum Gasteiger partial charge on any atom is 0.310 e. The Labute approximate surface area is 165 Å². The number of thiophene rings is 1. The molecule has 0 fully saturated rings. The molecule has 0 saturated carbocycles. The molecular weight excluding hydrogens is 386 g/mol. The van der Waals surface area contributed by atoms with E-state index in [0.717, 1.165) is 5.56 Å². The van der Waals surface area contributed by atoms with Gasteiger partial charge < -0.3 is 14.8 Å². The predicted octanol–water partition coefficient (Wildman–Crippen LogP) is 4.92. The highest BCUT2D eigenvalue weighted by atomic mass is 35.5. The molecule has 0 bridgehead atoms. The van der Waals surface area contributed by atoms with E-state index in [2.05, 4.69) is 5.32 Å². The van der Waals surface area contributed by atoms with E-state index >= 15 is 0 Å². The molecule has 3 rings (SSSR count). The van der Waals surface area contributed by atoms with Gasteiger partial charge in [-0.05, 0) is 52.7 Å². The quantitative estimate of drug-likeness (QED) is 0.571. The van der Waals surface area contributed by atoms with Crippen LogP contribution in [0, 0.1) is 0 Å². The van der Waals surface area contributed by atoms with E-state index in [1.807, 2.05) is 35.0 Å². The van der Waals surface area contributed by atoms with E-state index in [1.165, 1.54) is 11.3 Å². The minimum Gasteiger partial charge on any atom is -0.455 e. The highest BCUT2D eigenvalue weighted by Crippen LogP contribution is 2.31. The fourth-order valence-corrected chi connectivity index (χ4v) is 3.09. The number of hydrogen-bond donors (Lipinski definition) is 1. The summed E-state index contributed by atoms with van der Waals surface area (Å²) in [6.45, 7) is -0.389. The molecule has 1 N–H and O–H groups in total. The zero-order chi connectivity index (χ0) is 19.1. The minimum atomic E-state index is -0.478. The van der Waals surface area contributed by atoms with E-state index in [1.54, 1.807) is 30.3 Å². The summed E-state index contributed by atoms with van der Waals surface area (Å²) < 4.78 is 10.8. The summed E-state index contributed by atoms with van der Waals surface area (Å²) in [6, 6.07) is 15.9. The lowest BCUT2D eigenvalue weighted by molar-refractivity contribution is -0.146. The third kappa shape index (κ3) is 5.84. The first-order chi connectivity index (χ1) is 13.1. The Hall–Kier alpha value is -2.83. The minimum absolute atomic E-state index is 0.135. The van der Waals surface area contributed by atoms with Crippen molar-refractivity contribution in [2.75, 3.05) is 11.9 Å². The molecule has 0 radical (unpaired) electrons. The molecule has 1 amide bonds. The maximum atomic E-state index is 12.2. The van der Waals surface area contributed by atoms with Crippen molar-refractivity contribution >= 4 is 40.5 Å². The number of para-hydroxylation sites is 1. The third-order valence-corrected chi connectivity index (χ3v) is 4.45. The summed E-state index contributed by atoms with van der Waals surface area (Å²) in [5.74, 6) is 0.116. The molecule has 0 unspecified atom stereocenters. The largest absolute Gasteiger partial charge is 0.455 e. The zero-order valence-corrected chi connectivity index (χ0v) is 15.8. The SMILES string of the molecule is O=C(COC(=O)Cc1ccsc1)Nc1cc(Cl)ccc1Oc1ccccc1. The second-order valence-corrected chi connectivity index (χ2v) is 6.79. The molecule has 2 aromatic carbocycles. The maximum absolute atomic E-state index is 12.2. The van der Waals surface area contributed by atoms with Crippen molar-refractivity contribution in [2.24, 2.45) is 0 Å². The number of nitrogens with one attached hydrogen (secondary N) is 1. The van der Waals surface area contributed by atoms with E-state index in [0.29, 0.717) is 22.2 Å². The summed E-state index contributed by atoms with van der Waals surface area (Å²) in [4.78, 5) is 23.9. The average molecular weight is 402 g/mol. The van der Waals surface area contributed by atoms with Crippen LogP contribution in [-0.2, 0) is 20.7 Å². The normalized spacial score (nSPS) is 10.3. The number of amides is 1. The Balaban J connectivity index is 1.59. The van der Waals surface area contributed by atoms with Crippen LogP contribution in [0.1, 0.15) is 5.56 Å². The average Bonchev–Trinajstić information content (AvgIpc) is 3.16. The van der Waals surface area contributed by atoms with Crippen LogP contribution >= 0.6 is 22.9 Å². The van der Waals surface area contributed by atoms with Crippen molar-refractivity contribution in [3.63, 3.8) is 0 Å². The van der Waals surface area contributed by atoms with E-state index in [4.69, 9.17) is 21.1 Å². The second kappa shape index (κ2) is 9.21. The number of esters is 1. The van der Waals surface area contributed by atoms with Crippen molar-refractivity contribution < 1.29 is 19.1 Å². The van der Waals surface area contributed by atoms with Gasteiger partial charge in [-0.1, -0.05) is 29.8 Å². The number of carbonyl (C=O) groups is 2. The van der Waals surface area contributed by atoms with Gasteiger partial charge in [0.05, 0.1) is 12.1 Å². The van der Waals surface area contributed by atoms with Crippen LogP contribution in [-0.4, -0.2) is 18.5 Å². The number of hydrogen-bond acceptors (Lipinski definition) is 5. The number of rotatable bonds is 7. The summed E-state index contributed by atoms with van der Waals surface area (Å²) in [7, 11) is 0. The monoisotopic (exact) mass is 401 g/mol. The van der Waals surface area contributed by atoms with Gasteiger partial charge in [-0.15, -0.1) is 0 Å². The summed E-state index contributed by atoms with van der Waals surface area (Å²) in [5, 5.41) is 6.85. The lowest BCUT2D eigenvalue weighted by atomic mass is 10.2. The Morgan fingerprint density at radius 1 is 1.07 bits per heavy atom. The zero-order valence-electron chi connectivity index (χ0n) is 14.2. The van der Waals surface area contributed by atoms with Crippen LogP contribution in [0.25, 0.3) is 0 Å². The lowest BCUT2D eigenvalue weighted by Gasteiger charge is -2.13. The standard InChI is InChI=1S/C20H16ClNO4S/c21-15-6-7-18(26-16-4-2-1-3-5-16)17(11-15)22-19(23)12-25-20(24)10-14-8-9-27-13-14/h1-9,11,13H,10,12H2,(H,22,23). The molecule has 0 spiro atoms. The van der Waals surface area contributed by atoms with Crippen LogP contribution in [0.4, 0.5) is 5.69 Å². The molecule has 0 aliphatic heterocycles. The van der Waals surface area contributed by atoms with Gasteiger partial charge >= 0.3 is 5.97 Å². The number of carbonyl (C=O) groups excluding carboxylic acids is 2. The van der Waals surface area contributed by atoms with Gasteiger partial charge in [-0.3, -0.25) is 9.59 Å². The van der Waals surface area contributed by atoms with Gasteiger partial charge in [0.15, 0.2) is 12.4 Å². The van der Waals surface area contributed by atoms with E-state index in [9.17, 15) is 9.59 Å². The molecule has 138 valence electrons. The van der Waals surface area contributed by atoms with E-state index in [-0.39, 0.29) is 13.0 Å². The first-order valence-corrected chi connectivity index (χ1v) is 9.41. The van der Waals surface area contributed by atoms with Gasteiger partial charge in [0, 0.05) is 5.02 Å². The van der Waals surface area contributed by atoms with Crippen LogP contribution in [0.2, 0.25) is 5.02 Å². The molecule has 1 heterocycles. The van der Waals surface area contributed by atoms with Crippen LogP contribution in [0.3, 0.4) is 0 Å². The summed E-state index contributed by atoms with van der Waals surface area (Å²) >= 11 is 7.52. The third-order valence-electron chi connectivity index (χ3n) is 3.48. The van der Waals surface area contributed by atoms with E-state index < -0.39 is 11.9 Å². The molecule has 1 aromatic heterocycles.